The molecule has 0 N–H and O–H groups in total. The summed E-state index contributed by atoms with van der Waals surface area (Å²) in [6, 6.07) is 10.0. The molecule has 2 aliphatic rings. The van der Waals surface area contributed by atoms with Crippen LogP contribution in [0, 0.1) is 11.8 Å². The first-order valence-electron chi connectivity index (χ1n) is 10.6. The van der Waals surface area contributed by atoms with Gasteiger partial charge in [0.15, 0.2) is 0 Å². The lowest BCUT2D eigenvalue weighted by Gasteiger charge is -2.46. The first kappa shape index (κ1) is 21.5. The summed E-state index contributed by atoms with van der Waals surface area (Å²) in [5.41, 5.74) is 0.543. The summed E-state index contributed by atoms with van der Waals surface area (Å²) in [4.78, 5) is 28.1. The number of benzene rings is 1. The summed E-state index contributed by atoms with van der Waals surface area (Å²) in [7, 11) is 1.83. The Balaban J connectivity index is 1.36. The third kappa shape index (κ3) is 5.87. The molecule has 1 aromatic rings. The van der Waals surface area contributed by atoms with E-state index in [0.717, 1.165) is 44.3 Å². The SMILES string of the molecule is CN(C(=O)OC(C)(C)C)C1CC(C2CCN(C(=O)OCc3ccccc3)CC2)C1. The van der Waals surface area contributed by atoms with Gasteiger partial charge in [-0.1, -0.05) is 30.3 Å². The molecule has 1 aliphatic carbocycles. The average molecular weight is 403 g/mol. The zero-order chi connectivity index (χ0) is 21.0. The van der Waals surface area contributed by atoms with E-state index in [4.69, 9.17) is 9.47 Å². The Labute approximate surface area is 174 Å². The lowest BCUT2D eigenvalue weighted by Crippen LogP contribution is -2.50. The molecule has 29 heavy (non-hydrogen) atoms. The Kier molecular flexibility index (Phi) is 6.70. The molecule has 1 aromatic carbocycles. The molecule has 0 spiro atoms. The maximum atomic E-state index is 12.3. The number of ether oxygens (including phenoxy) is 2. The molecule has 0 atom stereocenters. The summed E-state index contributed by atoms with van der Waals surface area (Å²) in [6.45, 7) is 7.49. The van der Waals surface area contributed by atoms with Gasteiger partial charge in [-0.15, -0.1) is 0 Å². The first-order chi connectivity index (χ1) is 13.7. The lowest BCUT2D eigenvalue weighted by molar-refractivity contribution is -0.00632. The summed E-state index contributed by atoms with van der Waals surface area (Å²) in [5, 5.41) is 0. The molecule has 0 bridgehead atoms. The second-order valence-electron chi connectivity index (χ2n) is 9.34. The van der Waals surface area contributed by atoms with Crippen molar-refractivity contribution in [2.75, 3.05) is 20.1 Å². The zero-order valence-corrected chi connectivity index (χ0v) is 18.1. The Hall–Kier alpha value is -2.24. The number of carbonyl (C=O) groups is 2. The smallest absolute Gasteiger partial charge is 0.410 e. The Morgan fingerprint density at radius 3 is 2.28 bits per heavy atom. The highest BCUT2D eigenvalue weighted by atomic mass is 16.6. The van der Waals surface area contributed by atoms with E-state index < -0.39 is 5.60 Å². The van der Waals surface area contributed by atoms with E-state index in [1.54, 1.807) is 4.90 Å². The predicted octanol–water partition coefficient (Wildman–Crippen LogP) is 4.68. The van der Waals surface area contributed by atoms with E-state index in [2.05, 4.69) is 0 Å². The van der Waals surface area contributed by atoms with Crippen LogP contribution in [0.1, 0.15) is 52.0 Å². The Bertz CT molecular complexity index is 687. The van der Waals surface area contributed by atoms with E-state index in [1.165, 1.54) is 0 Å². The third-order valence-corrected chi connectivity index (χ3v) is 6.05. The van der Waals surface area contributed by atoms with E-state index in [-0.39, 0.29) is 18.2 Å². The van der Waals surface area contributed by atoms with Crippen molar-refractivity contribution in [2.45, 2.75) is 64.7 Å². The van der Waals surface area contributed by atoms with Crippen molar-refractivity contribution >= 4 is 12.2 Å². The first-order valence-corrected chi connectivity index (χ1v) is 10.6. The predicted molar refractivity (Wildman–Crippen MR) is 111 cm³/mol. The van der Waals surface area contributed by atoms with Crippen molar-refractivity contribution in [1.29, 1.82) is 0 Å². The third-order valence-electron chi connectivity index (χ3n) is 6.05. The van der Waals surface area contributed by atoms with E-state index >= 15 is 0 Å². The molecule has 0 aromatic heterocycles. The van der Waals surface area contributed by atoms with Gasteiger partial charge in [-0.2, -0.15) is 0 Å². The van der Waals surface area contributed by atoms with Gasteiger partial charge in [-0.3, -0.25) is 0 Å². The van der Waals surface area contributed by atoms with Crippen molar-refractivity contribution in [3.63, 3.8) is 0 Å². The van der Waals surface area contributed by atoms with Gasteiger partial charge in [-0.05, 0) is 63.9 Å². The minimum atomic E-state index is -0.462. The van der Waals surface area contributed by atoms with Gasteiger partial charge in [0, 0.05) is 26.2 Å². The van der Waals surface area contributed by atoms with Gasteiger partial charge >= 0.3 is 12.2 Å². The molecular formula is C23H34N2O4. The van der Waals surface area contributed by atoms with Crippen LogP contribution in [0.25, 0.3) is 0 Å². The van der Waals surface area contributed by atoms with Gasteiger partial charge in [0.1, 0.15) is 12.2 Å². The van der Waals surface area contributed by atoms with Crippen molar-refractivity contribution in [2.24, 2.45) is 11.8 Å². The molecule has 1 saturated heterocycles. The van der Waals surface area contributed by atoms with Crippen LogP contribution in [0.4, 0.5) is 9.59 Å². The number of rotatable bonds is 4. The topological polar surface area (TPSA) is 59.1 Å². The number of carbonyl (C=O) groups excluding carboxylic acids is 2. The molecular weight excluding hydrogens is 368 g/mol. The number of hydrogen-bond donors (Lipinski definition) is 0. The Morgan fingerprint density at radius 1 is 1.07 bits per heavy atom. The number of hydrogen-bond acceptors (Lipinski definition) is 4. The van der Waals surface area contributed by atoms with Gasteiger partial charge in [0.2, 0.25) is 0 Å². The van der Waals surface area contributed by atoms with Crippen LogP contribution in [0.5, 0.6) is 0 Å². The summed E-state index contributed by atoms with van der Waals surface area (Å²) < 4.78 is 10.9. The fourth-order valence-corrected chi connectivity index (χ4v) is 4.18. The minimum Gasteiger partial charge on any atom is -0.445 e. The average Bonchev–Trinajstić information content (AvgIpc) is 2.65. The fourth-order valence-electron chi connectivity index (χ4n) is 4.18. The number of likely N-dealkylation sites (tertiary alicyclic amines) is 1. The maximum absolute atomic E-state index is 12.3. The highest BCUT2D eigenvalue weighted by Gasteiger charge is 2.41. The van der Waals surface area contributed by atoms with Gasteiger partial charge in [-0.25, -0.2) is 9.59 Å². The second-order valence-corrected chi connectivity index (χ2v) is 9.34. The molecule has 3 rings (SSSR count). The van der Waals surface area contributed by atoms with E-state index in [1.807, 2.05) is 63.1 Å². The van der Waals surface area contributed by atoms with Crippen LogP contribution in [0.3, 0.4) is 0 Å². The Morgan fingerprint density at radius 2 is 1.69 bits per heavy atom. The van der Waals surface area contributed by atoms with Crippen molar-refractivity contribution in [3.05, 3.63) is 35.9 Å². The van der Waals surface area contributed by atoms with Crippen LogP contribution in [0.15, 0.2) is 30.3 Å². The molecule has 0 radical (unpaired) electrons. The van der Waals surface area contributed by atoms with Crippen molar-refractivity contribution in [3.8, 4) is 0 Å². The monoisotopic (exact) mass is 402 g/mol. The van der Waals surface area contributed by atoms with Gasteiger partial charge in [0.25, 0.3) is 0 Å². The summed E-state index contributed by atoms with van der Waals surface area (Å²) in [6.07, 6.45) is 3.61. The fraction of sp³-hybridized carbons (Fsp3) is 0.652. The van der Waals surface area contributed by atoms with Crippen molar-refractivity contribution in [1.82, 2.24) is 9.80 Å². The normalized spacial score (nSPS) is 22.6. The zero-order valence-electron chi connectivity index (χ0n) is 18.1. The second kappa shape index (κ2) is 9.06. The highest BCUT2D eigenvalue weighted by molar-refractivity contribution is 5.68. The molecule has 2 fully saturated rings. The quantitative estimate of drug-likeness (QED) is 0.734. The van der Waals surface area contributed by atoms with Crippen molar-refractivity contribution < 1.29 is 19.1 Å². The molecule has 6 heteroatoms. The van der Waals surface area contributed by atoms with E-state index in [9.17, 15) is 9.59 Å². The number of amides is 2. The standard InChI is InChI=1S/C23H34N2O4/c1-23(2,3)29-21(26)24(4)20-14-19(15-20)18-10-12-25(13-11-18)22(27)28-16-17-8-6-5-7-9-17/h5-9,18-20H,10-16H2,1-4H3. The van der Waals surface area contributed by atoms with Gasteiger partial charge in [0.05, 0.1) is 0 Å². The van der Waals surface area contributed by atoms with Crippen LogP contribution >= 0.6 is 0 Å². The molecule has 2 amide bonds. The summed E-state index contributed by atoms with van der Waals surface area (Å²) >= 11 is 0. The molecule has 160 valence electrons. The van der Waals surface area contributed by atoms with Crippen LogP contribution in [-0.4, -0.2) is 53.8 Å². The summed E-state index contributed by atoms with van der Waals surface area (Å²) in [5.74, 6) is 1.25. The van der Waals surface area contributed by atoms with Gasteiger partial charge < -0.3 is 19.3 Å². The van der Waals surface area contributed by atoms with Crippen LogP contribution in [0.2, 0.25) is 0 Å². The maximum Gasteiger partial charge on any atom is 0.410 e. The highest BCUT2D eigenvalue weighted by Crippen LogP contribution is 2.41. The molecule has 6 nitrogen and oxygen atoms in total. The molecule has 1 aliphatic heterocycles. The largest absolute Gasteiger partial charge is 0.445 e. The lowest BCUT2D eigenvalue weighted by atomic mass is 9.69. The molecule has 0 unspecified atom stereocenters. The van der Waals surface area contributed by atoms with Crippen LogP contribution < -0.4 is 0 Å². The van der Waals surface area contributed by atoms with E-state index in [0.29, 0.717) is 18.4 Å². The molecule has 1 saturated carbocycles. The minimum absolute atomic E-state index is 0.219. The number of piperidine rings is 1. The molecule has 1 heterocycles. The van der Waals surface area contributed by atoms with Crippen LogP contribution in [-0.2, 0) is 16.1 Å². The number of nitrogens with zero attached hydrogens (tertiary/aromatic N) is 2.